The molecule has 0 aliphatic rings. The van der Waals surface area contributed by atoms with Crippen molar-refractivity contribution in [2.75, 3.05) is 14.2 Å². The fourth-order valence-electron chi connectivity index (χ4n) is 3.89. The summed E-state index contributed by atoms with van der Waals surface area (Å²) in [4.78, 5) is 8.49. The van der Waals surface area contributed by atoms with Gasteiger partial charge in [0.2, 0.25) is 0 Å². The zero-order valence-electron chi connectivity index (χ0n) is 16.3. The highest BCUT2D eigenvalue weighted by Crippen LogP contribution is 2.40. The van der Waals surface area contributed by atoms with Crippen LogP contribution in [0.2, 0.25) is 0 Å². The molecule has 0 saturated carbocycles. The lowest BCUT2D eigenvalue weighted by atomic mass is 10.00. The number of benzene rings is 3. The summed E-state index contributed by atoms with van der Waals surface area (Å²) in [5, 5.41) is 2.29. The van der Waals surface area contributed by atoms with Crippen LogP contribution in [0.15, 0.2) is 79.0 Å². The number of para-hydroxylation sites is 1. The van der Waals surface area contributed by atoms with E-state index in [4.69, 9.17) is 14.5 Å². The number of aromatic nitrogens is 2. The van der Waals surface area contributed by atoms with E-state index in [1.165, 1.54) is 0 Å². The van der Waals surface area contributed by atoms with Crippen LogP contribution in [0.25, 0.3) is 44.2 Å². The largest absolute Gasteiger partial charge is 0.493 e. The molecule has 0 aliphatic carbocycles. The third-order valence-corrected chi connectivity index (χ3v) is 5.28. The van der Waals surface area contributed by atoms with Gasteiger partial charge in [-0.25, -0.2) is 0 Å². The van der Waals surface area contributed by atoms with Gasteiger partial charge in [-0.15, -0.1) is 0 Å². The lowest BCUT2D eigenvalue weighted by Gasteiger charge is -2.11. The molecule has 0 aliphatic heterocycles. The first-order valence-corrected chi connectivity index (χ1v) is 9.47. The molecule has 4 nitrogen and oxygen atoms in total. The van der Waals surface area contributed by atoms with Crippen molar-refractivity contribution in [1.82, 2.24) is 9.97 Å². The molecule has 5 aromatic rings. The van der Waals surface area contributed by atoms with Gasteiger partial charge in [-0.3, -0.25) is 4.98 Å². The van der Waals surface area contributed by atoms with E-state index in [9.17, 15) is 0 Å². The Hall–Kier alpha value is -3.79. The summed E-state index contributed by atoms with van der Waals surface area (Å²) in [6.45, 7) is 0. The van der Waals surface area contributed by atoms with Crippen molar-refractivity contribution >= 4 is 21.8 Å². The molecule has 2 heterocycles. The molecule has 5 rings (SSSR count). The van der Waals surface area contributed by atoms with Crippen LogP contribution in [-0.4, -0.2) is 24.2 Å². The first-order valence-electron chi connectivity index (χ1n) is 9.47. The second-order valence-corrected chi connectivity index (χ2v) is 6.88. The number of ether oxygens (including phenoxy) is 2. The Balaban J connectivity index is 1.83. The molecule has 0 unspecified atom stereocenters. The molecule has 1 N–H and O–H groups in total. The van der Waals surface area contributed by atoms with Gasteiger partial charge in [0.1, 0.15) is 0 Å². The molecular formula is C25H20N2O2. The van der Waals surface area contributed by atoms with Gasteiger partial charge < -0.3 is 14.5 Å². The Morgan fingerprint density at radius 1 is 0.759 bits per heavy atom. The number of hydrogen-bond donors (Lipinski definition) is 1. The molecule has 0 bridgehead atoms. The second kappa shape index (κ2) is 6.99. The standard InChI is InChI=1S/C25H20N2O2/c1-28-21-13-12-17(14-22(21)29-2)19-15-26-24(16-8-4-3-5-9-16)23-18-10-6-7-11-20(18)27-25(19)23/h3-15,27H,1-2H3. The van der Waals surface area contributed by atoms with Crippen LogP contribution in [0.5, 0.6) is 11.5 Å². The number of aromatic amines is 1. The van der Waals surface area contributed by atoms with E-state index in [2.05, 4.69) is 35.3 Å². The fourth-order valence-corrected chi connectivity index (χ4v) is 3.89. The van der Waals surface area contributed by atoms with Crippen LogP contribution >= 0.6 is 0 Å². The van der Waals surface area contributed by atoms with Crippen LogP contribution in [0.4, 0.5) is 0 Å². The topological polar surface area (TPSA) is 47.1 Å². The minimum Gasteiger partial charge on any atom is -0.493 e. The highest BCUT2D eigenvalue weighted by molar-refractivity contribution is 6.16. The molecule has 0 saturated heterocycles. The maximum Gasteiger partial charge on any atom is 0.161 e. The van der Waals surface area contributed by atoms with Gasteiger partial charge in [-0.1, -0.05) is 54.6 Å². The summed E-state index contributed by atoms with van der Waals surface area (Å²) in [6, 6.07) is 24.6. The SMILES string of the molecule is COc1ccc(-c2cnc(-c3ccccc3)c3c2[nH]c2ccccc23)cc1OC. The van der Waals surface area contributed by atoms with Crippen molar-refractivity contribution < 1.29 is 9.47 Å². The number of H-pyrrole nitrogens is 1. The van der Waals surface area contributed by atoms with E-state index in [0.717, 1.165) is 44.2 Å². The molecule has 0 radical (unpaired) electrons. The molecule has 3 aromatic carbocycles. The normalized spacial score (nSPS) is 11.1. The van der Waals surface area contributed by atoms with Crippen LogP contribution in [-0.2, 0) is 0 Å². The van der Waals surface area contributed by atoms with E-state index in [-0.39, 0.29) is 0 Å². The second-order valence-electron chi connectivity index (χ2n) is 6.88. The highest BCUT2D eigenvalue weighted by Gasteiger charge is 2.17. The van der Waals surface area contributed by atoms with Crippen molar-refractivity contribution in [3.63, 3.8) is 0 Å². The Morgan fingerprint density at radius 2 is 1.52 bits per heavy atom. The summed E-state index contributed by atoms with van der Waals surface area (Å²) in [5.74, 6) is 1.40. The summed E-state index contributed by atoms with van der Waals surface area (Å²) in [7, 11) is 3.29. The van der Waals surface area contributed by atoms with E-state index in [1.54, 1.807) is 14.2 Å². The number of hydrogen-bond acceptors (Lipinski definition) is 3. The van der Waals surface area contributed by atoms with Crippen molar-refractivity contribution in [3.8, 4) is 33.9 Å². The minimum atomic E-state index is 0.696. The molecule has 4 heteroatoms. The molecule has 0 fully saturated rings. The zero-order chi connectivity index (χ0) is 19.8. The summed E-state index contributed by atoms with van der Waals surface area (Å²) in [5.41, 5.74) is 6.27. The molecule has 0 spiro atoms. The maximum atomic E-state index is 5.51. The van der Waals surface area contributed by atoms with Gasteiger partial charge in [0.15, 0.2) is 11.5 Å². The first-order chi connectivity index (χ1) is 14.3. The molecule has 142 valence electrons. The lowest BCUT2D eigenvalue weighted by molar-refractivity contribution is 0.355. The summed E-state index contributed by atoms with van der Waals surface area (Å²) >= 11 is 0. The number of nitrogens with one attached hydrogen (secondary N) is 1. The Morgan fingerprint density at radius 3 is 2.31 bits per heavy atom. The maximum absolute atomic E-state index is 5.51. The van der Waals surface area contributed by atoms with Crippen molar-refractivity contribution in [2.24, 2.45) is 0 Å². The van der Waals surface area contributed by atoms with Gasteiger partial charge in [-0.2, -0.15) is 0 Å². The number of fused-ring (bicyclic) bond motifs is 3. The van der Waals surface area contributed by atoms with E-state index < -0.39 is 0 Å². The summed E-state index contributed by atoms with van der Waals surface area (Å²) in [6.07, 6.45) is 1.93. The van der Waals surface area contributed by atoms with E-state index in [0.29, 0.717) is 11.5 Å². The van der Waals surface area contributed by atoms with Gasteiger partial charge in [-0.05, 0) is 23.8 Å². The predicted octanol–water partition coefficient (Wildman–Crippen LogP) is 6.07. The lowest BCUT2D eigenvalue weighted by Crippen LogP contribution is -1.92. The molecule has 29 heavy (non-hydrogen) atoms. The average Bonchev–Trinajstić information content (AvgIpc) is 3.18. The van der Waals surface area contributed by atoms with Crippen LogP contribution in [0.3, 0.4) is 0 Å². The minimum absolute atomic E-state index is 0.696. The summed E-state index contributed by atoms with van der Waals surface area (Å²) < 4.78 is 10.9. The van der Waals surface area contributed by atoms with Gasteiger partial charge in [0, 0.05) is 33.6 Å². The Labute approximate surface area is 168 Å². The number of methoxy groups -OCH3 is 2. The van der Waals surface area contributed by atoms with Crippen LogP contribution in [0.1, 0.15) is 0 Å². The van der Waals surface area contributed by atoms with Crippen molar-refractivity contribution in [3.05, 3.63) is 79.0 Å². The molecule has 0 atom stereocenters. The molecular weight excluding hydrogens is 360 g/mol. The number of pyridine rings is 1. The van der Waals surface area contributed by atoms with Gasteiger partial charge >= 0.3 is 0 Å². The monoisotopic (exact) mass is 380 g/mol. The predicted molar refractivity (Wildman–Crippen MR) is 118 cm³/mol. The smallest absolute Gasteiger partial charge is 0.161 e. The van der Waals surface area contributed by atoms with Crippen molar-refractivity contribution in [1.29, 1.82) is 0 Å². The Kier molecular flexibility index (Phi) is 4.17. The van der Waals surface area contributed by atoms with Crippen molar-refractivity contribution in [2.45, 2.75) is 0 Å². The first kappa shape index (κ1) is 17.3. The van der Waals surface area contributed by atoms with Crippen LogP contribution < -0.4 is 9.47 Å². The third-order valence-electron chi connectivity index (χ3n) is 5.28. The van der Waals surface area contributed by atoms with Crippen LogP contribution in [0, 0.1) is 0 Å². The molecule has 2 aromatic heterocycles. The number of nitrogens with zero attached hydrogens (tertiary/aromatic N) is 1. The van der Waals surface area contributed by atoms with Gasteiger partial charge in [0.05, 0.1) is 25.4 Å². The highest BCUT2D eigenvalue weighted by atomic mass is 16.5. The van der Waals surface area contributed by atoms with Gasteiger partial charge in [0.25, 0.3) is 0 Å². The number of rotatable bonds is 4. The third kappa shape index (κ3) is 2.81. The van der Waals surface area contributed by atoms with E-state index in [1.807, 2.05) is 48.7 Å². The average molecular weight is 380 g/mol. The fraction of sp³-hybridized carbons (Fsp3) is 0.0800. The zero-order valence-corrected chi connectivity index (χ0v) is 16.3. The van der Waals surface area contributed by atoms with E-state index >= 15 is 0 Å². The molecule has 0 amide bonds. The Bertz CT molecular complexity index is 1320. The quantitative estimate of drug-likeness (QED) is 0.412.